The van der Waals surface area contributed by atoms with Crippen LogP contribution in [0, 0.1) is 12.8 Å². The van der Waals surface area contributed by atoms with Gasteiger partial charge in [0, 0.05) is 63.0 Å². The zero-order chi connectivity index (χ0) is 23.8. The third-order valence-corrected chi connectivity index (χ3v) is 6.83. The topological polar surface area (TPSA) is 104 Å². The number of fused-ring (bicyclic) bond motifs is 1. The maximum absolute atomic E-state index is 12.4. The summed E-state index contributed by atoms with van der Waals surface area (Å²) in [7, 11) is 0. The molecule has 0 atom stereocenters. The number of benzene rings is 1. The van der Waals surface area contributed by atoms with Crippen molar-refractivity contribution in [2.24, 2.45) is 5.92 Å². The fraction of sp³-hybridized carbons (Fsp3) is 0.423. The maximum atomic E-state index is 12.4. The Kier molecular flexibility index (Phi) is 5.77. The predicted octanol–water partition coefficient (Wildman–Crippen LogP) is 3.35. The van der Waals surface area contributed by atoms with E-state index in [0.29, 0.717) is 30.0 Å². The Morgan fingerprint density at radius 2 is 1.97 bits per heavy atom. The summed E-state index contributed by atoms with van der Waals surface area (Å²) >= 11 is 0. The van der Waals surface area contributed by atoms with Crippen molar-refractivity contribution in [2.45, 2.75) is 39.2 Å². The van der Waals surface area contributed by atoms with E-state index in [1.807, 2.05) is 29.3 Å². The first-order valence-corrected chi connectivity index (χ1v) is 12.3. The molecule has 180 valence electrons. The van der Waals surface area contributed by atoms with Gasteiger partial charge in [0.1, 0.15) is 5.82 Å². The number of amides is 1. The monoisotopic (exact) mass is 471 g/mol. The molecule has 9 heteroatoms. The molecule has 0 unspecified atom stereocenters. The second kappa shape index (κ2) is 9.22. The number of hydrogen-bond acceptors (Lipinski definition) is 7. The molecule has 2 fully saturated rings. The normalized spacial score (nSPS) is 16.8. The van der Waals surface area contributed by atoms with Crippen LogP contribution in [-0.4, -0.2) is 67.0 Å². The molecule has 1 amide bonds. The number of nitrogens with one attached hydrogen (secondary N) is 1. The summed E-state index contributed by atoms with van der Waals surface area (Å²) in [6.07, 6.45) is 5.70. The number of hydrogen-bond donors (Lipinski definition) is 1. The van der Waals surface area contributed by atoms with Gasteiger partial charge in [-0.2, -0.15) is 4.98 Å². The quantitative estimate of drug-likeness (QED) is 0.441. The van der Waals surface area contributed by atoms with E-state index in [2.05, 4.69) is 37.1 Å². The van der Waals surface area contributed by atoms with E-state index in [-0.39, 0.29) is 0 Å². The average Bonchev–Trinajstić information content (AvgIpc) is 3.41. The molecule has 0 spiro atoms. The number of aryl methyl sites for hydroxylation is 1. The predicted molar refractivity (Wildman–Crippen MR) is 130 cm³/mol. The van der Waals surface area contributed by atoms with E-state index in [1.54, 1.807) is 6.92 Å². The molecule has 9 nitrogen and oxygen atoms in total. The molecule has 1 aromatic carbocycles. The summed E-state index contributed by atoms with van der Waals surface area (Å²) in [6.45, 7) is 6.16. The number of aromatic amines is 1. The van der Waals surface area contributed by atoms with Gasteiger partial charge >= 0.3 is 0 Å². The van der Waals surface area contributed by atoms with Gasteiger partial charge in [0.25, 0.3) is 5.89 Å². The highest BCUT2D eigenvalue weighted by molar-refractivity contribution is 5.80. The van der Waals surface area contributed by atoms with Crippen LogP contribution in [0.4, 0.5) is 0 Å². The van der Waals surface area contributed by atoms with E-state index < -0.39 is 0 Å². The summed E-state index contributed by atoms with van der Waals surface area (Å²) in [5.74, 6) is 2.97. The van der Waals surface area contributed by atoms with Gasteiger partial charge in [-0.05, 0) is 61.6 Å². The molecule has 4 heterocycles. The van der Waals surface area contributed by atoms with E-state index in [0.717, 1.165) is 67.3 Å². The lowest BCUT2D eigenvalue weighted by Crippen LogP contribution is -2.48. The summed E-state index contributed by atoms with van der Waals surface area (Å²) < 4.78 is 5.28. The number of carbonyl (C=O) groups excluding carboxylic acids is 1. The lowest BCUT2D eigenvalue weighted by Gasteiger charge is -2.35. The van der Waals surface area contributed by atoms with E-state index >= 15 is 0 Å². The number of H-pyrrole nitrogens is 1. The second-order valence-corrected chi connectivity index (χ2v) is 9.70. The average molecular weight is 472 g/mol. The Balaban J connectivity index is 1.08. The molecule has 0 bridgehead atoms. The van der Waals surface area contributed by atoms with Gasteiger partial charge < -0.3 is 14.4 Å². The van der Waals surface area contributed by atoms with Crippen LogP contribution >= 0.6 is 0 Å². The molecule has 1 saturated heterocycles. The molecule has 1 N–H and O–H groups in total. The van der Waals surface area contributed by atoms with Crippen molar-refractivity contribution in [3.05, 3.63) is 59.4 Å². The molecule has 0 radical (unpaired) electrons. The molecule has 1 aliphatic carbocycles. The highest BCUT2D eigenvalue weighted by Gasteiger charge is 2.28. The maximum Gasteiger partial charge on any atom is 0.257 e. The van der Waals surface area contributed by atoms with E-state index in [9.17, 15) is 4.79 Å². The minimum atomic E-state index is 0.337. The van der Waals surface area contributed by atoms with E-state index in [4.69, 9.17) is 9.51 Å². The summed E-state index contributed by atoms with van der Waals surface area (Å²) in [6, 6.07) is 10.1. The van der Waals surface area contributed by atoms with Crippen molar-refractivity contribution in [2.75, 3.05) is 26.2 Å². The lowest BCUT2D eigenvalue weighted by atomic mass is 10.1. The number of carbonyl (C=O) groups is 1. The molecule has 1 aliphatic heterocycles. The molecule has 6 rings (SSSR count). The van der Waals surface area contributed by atoms with Crippen molar-refractivity contribution in [1.29, 1.82) is 0 Å². The van der Waals surface area contributed by atoms with Gasteiger partial charge in [0.2, 0.25) is 5.91 Å². The number of imidazole rings is 1. The minimum Gasteiger partial charge on any atom is -0.342 e. The largest absolute Gasteiger partial charge is 0.342 e. The molecule has 35 heavy (non-hydrogen) atoms. The van der Waals surface area contributed by atoms with Crippen molar-refractivity contribution in [1.82, 2.24) is 34.9 Å². The number of nitrogens with zero attached hydrogens (tertiary/aromatic N) is 6. The highest BCUT2D eigenvalue weighted by Crippen LogP contribution is 2.33. The van der Waals surface area contributed by atoms with Crippen molar-refractivity contribution in [3.8, 4) is 11.5 Å². The lowest BCUT2D eigenvalue weighted by molar-refractivity contribution is -0.133. The number of rotatable bonds is 7. The Morgan fingerprint density at radius 3 is 2.74 bits per heavy atom. The minimum absolute atomic E-state index is 0.337. The van der Waals surface area contributed by atoms with Crippen LogP contribution in [0.2, 0.25) is 0 Å². The summed E-state index contributed by atoms with van der Waals surface area (Å²) in [5, 5.41) is 3.87. The van der Waals surface area contributed by atoms with Gasteiger partial charge in [-0.15, -0.1) is 0 Å². The van der Waals surface area contributed by atoms with Gasteiger partial charge in [-0.1, -0.05) is 5.16 Å². The van der Waals surface area contributed by atoms with Crippen LogP contribution in [0.3, 0.4) is 0 Å². The molecular weight excluding hydrogens is 442 g/mol. The Morgan fingerprint density at radius 1 is 1.11 bits per heavy atom. The molecular formula is C26H29N7O2. The fourth-order valence-electron chi connectivity index (χ4n) is 4.70. The van der Waals surface area contributed by atoms with Gasteiger partial charge in [-0.3, -0.25) is 14.7 Å². The fourth-order valence-corrected chi connectivity index (χ4v) is 4.70. The van der Waals surface area contributed by atoms with Gasteiger partial charge in [0.05, 0.1) is 11.0 Å². The number of piperazine rings is 1. The molecule has 4 aromatic rings. The summed E-state index contributed by atoms with van der Waals surface area (Å²) in [4.78, 5) is 33.8. The molecule has 1 saturated carbocycles. The molecule has 3 aromatic heterocycles. The highest BCUT2D eigenvalue weighted by atomic mass is 16.5. The van der Waals surface area contributed by atoms with Crippen LogP contribution in [0.15, 0.2) is 41.1 Å². The third-order valence-electron chi connectivity index (χ3n) is 6.83. The van der Waals surface area contributed by atoms with Crippen LogP contribution < -0.4 is 0 Å². The first kappa shape index (κ1) is 21.9. The Bertz CT molecular complexity index is 1350. The van der Waals surface area contributed by atoms with Crippen LogP contribution in [0.25, 0.3) is 22.5 Å². The SMILES string of the molecule is Cc1noc(-c2ccc3nc(Cc4cc(CN5CCN(C(=O)CC6CC6)CC5)ccn4)[nH]c3c2)n1. The molecule has 2 aliphatic rings. The van der Waals surface area contributed by atoms with E-state index in [1.165, 1.54) is 18.4 Å². The Labute approximate surface area is 203 Å². The van der Waals surface area contributed by atoms with Gasteiger partial charge in [0.15, 0.2) is 5.82 Å². The van der Waals surface area contributed by atoms with Crippen molar-refractivity contribution < 1.29 is 9.32 Å². The zero-order valence-electron chi connectivity index (χ0n) is 19.9. The smallest absolute Gasteiger partial charge is 0.257 e. The van der Waals surface area contributed by atoms with Crippen molar-refractivity contribution in [3.63, 3.8) is 0 Å². The standard InChI is InChI=1S/C26H29N7O2/c1-17-28-26(35-31-17)20-4-5-22-23(14-20)30-24(29-22)15-21-12-19(6-7-27-21)16-32-8-10-33(11-9-32)25(34)13-18-2-3-18/h4-7,12,14,18H,2-3,8-11,13,15-16H2,1H3,(H,29,30). The van der Waals surface area contributed by atoms with Crippen LogP contribution in [-0.2, 0) is 17.8 Å². The van der Waals surface area contributed by atoms with Crippen LogP contribution in [0.1, 0.15) is 42.2 Å². The summed E-state index contributed by atoms with van der Waals surface area (Å²) in [5.41, 5.74) is 4.90. The van der Waals surface area contributed by atoms with Gasteiger partial charge in [-0.25, -0.2) is 4.98 Å². The number of pyridine rings is 1. The third kappa shape index (κ3) is 5.09. The second-order valence-electron chi connectivity index (χ2n) is 9.70. The first-order chi connectivity index (χ1) is 17.1. The zero-order valence-corrected chi connectivity index (χ0v) is 19.9. The van der Waals surface area contributed by atoms with Crippen LogP contribution in [0.5, 0.6) is 0 Å². The van der Waals surface area contributed by atoms with Crippen molar-refractivity contribution >= 4 is 16.9 Å². The first-order valence-electron chi connectivity index (χ1n) is 12.3. The number of aromatic nitrogens is 5. The Hall–Kier alpha value is -3.59.